The minimum Gasteiger partial charge on any atom is -0.192 e. The van der Waals surface area contributed by atoms with Crippen LogP contribution in [0.25, 0.3) is 5.57 Å². The normalized spacial score (nSPS) is 11.7. The van der Waals surface area contributed by atoms with Gasteiger partial charge in [0.2, 0.25) is 0 Å². The Morgan fingerprint density at radius 1 is 1.05 bits per heavy atom. The van der Waals surface area contributed by atoms with E-state index in [1.165, 1.54) is 17.3 Å². The molecular weight excluding hydrogens is 330 g/mol. The summed E-state index contributed by atoms with van der Waals surface area (Å²) in [6, 6.07) is 20.7. The molecule has 0 bridgehead atoms. The molecule has 0 N–H and O–H groups in total. The van der Waals surface area contributed by atoms with Gasteiger partial charge in [0.25, 0.3) is 0 Å². The highest BCUT2D eigenvalue weighted by molar-refractivity contribution is 9.08. The molecule has 20 heavy (non-hydrogen) atoms. The highest BCUT2D eigenvalue weighted by Crippen LogP contribution is 2.31. The first-order valence-corrected chi connectivity index (χ1v) is 8.54. The van der Waals surface area contributed by atoms with Crippen molar-refractivity contribution in [3.05, 3.63) is 76.2 Å². The first kappa shape index (κ1) is 14.9. The monoisotopic (exact) mass is 343 g/mol. The van der Waals surface area contributed by atoms with E-state index in [2.05, 4.69) is 46.3 Å². The molecule has 0 radical (unpaired) electrons. The Labute approximate surface area is 132 Å². The van der Waals surface area contributed by atoms with Gasteiger partial charge in [0, 0.05) is 10.9 Å². The van der Waals surface area contributed by atoms with Crippen LogP contribution in [0.4, 0.5) is 0 Å². The highest BCUT2D eigenvalue weighted by Gasteiger charge is 2.11. The van der Waals surface area contributed by atoms with Crippen LogP contribution in [0.3, 0.4) is 0 Å². The number of allylic oxidation sites excluding steroid dienone is 1. The third kappa shape index (κ3) is 3.33. The van der Waals surface area contributed by atoms with Crippen molar-refractivity contribution in [2.24, 2.45) is 0 Å². The number of benzene rings is 2. The van der Waals surface area contributed by atoms with Gasteiger partial charge in [0.05, 0.1) is 4.91 Å². The van der Waals surface area contributed by atoms with Crippen LogP contribution in [0.2, 0.25) is 0 Å². The fourth-order valence-electron chi connectivity index (χ4n) is 2.00. The van der Waals surface area contributed by atoms with Gasteiger partial charge in [-0.05, 0) is 22.9 Å². The van der Waals surface area contributed by atoms with Crippen LogP contribution >= 0.6 is 27.7 Å². The van der Waals surface area contributed by atoms with Crippen LogP contribution in [0.5, 0.6) is 0 Å². The average Bonchev–Trinajstić information content (AvgIpc) is 2.53. The standard InChI is InChI=1S/C17H14BrNS/c1-20-16(12-19)17(14-5-3-2-4-6-14)15-9-7-13(11-18)8-10-15/h2-10H,11H2,1H3/b17-16-. The summed E-state index contributed by atoms with van der Waals surface area (Å²) in [7, 11) is 0. The van der Waals surface area contributed by atoms with Gasteiger partial charge in [-0.25, -0.2) is 0 Å². The van der Waals surface area contributed by atoms with Crippen LogP contribution in [-0.4, -0.2) is 6.26 Å². The molecule has 0 aromatic heterocycles. The molecule has 3 heteroatoms. The molecule has 0 saturated heterocycles. The zero-order valence-corrected chi connectivity index (χ0v) is 13.5. The second-order valence-electron chi connectivity index (χ2n) is 4.22. The number of nitrogens with zero attached hydrogens (tertiary/aromatic N) is 1. The van der Waals surface area contributed by atoms with E-state index in [1.807, 2.05) is 36.6 Å². The van der Waals surface area contributed by atoms with Gasteiger partial charge in [0.15, 0.2) is 0 Å². The van der Waals surface area contributed by atoms with Crippen molar-refractivity contribution >= 4 is 33.3 Å². The average molecular weight is 344 g/mol. The minimum absolute atomic E-state index is 0.739. The fourth-order valence-corrected chi connectivity index (χ4v) is 2.90. The lowest BCUT2D eigenvalue weighted by Gasteiger charge is -2.11. The van der Waals surface area contributed by atoms with Crippen LogP contribution in [0.15, 0.2) is 59.5 Å². The summed E-state index contributed by atoms with van der Waals surface area (Å²) >= 11 is 4.94. The smallest absolute Gasteiger partial charge is 0.107 e. The first-order chi connectivity index (χ1) is 9.80. The minimum atomic E-state index is 0.739. The van der Waals surface area contributed by atoms with E-state index in [0.29, 0.717) is 0 Å². The number of nitriles is 1. The Morgan fingerprint density at radius 3 is 2.15 bits per heavy atom. The van der Waals surface area contributed by atoms with Gasteiger partial charge >= 0.3 is 0 Å². The van der Waals surface area contributed by atoms with Crippen LogP contribution in [0.1, 0.15) is 16.7 Å². The van der Waals surface area contributed by atoms with E-state index in [1.54, 1.807) is 0 Å². The summed E-state index contributed by atoms with van der Waals surface area (Å²) in [4.78, 5) is 0.739. The van der Waals surface area contributed by atoms with Crippen molar-refractivity contribution in [2.45, 2.75) is 5.33 Å². The number of thioether (sulfide) groups is 1. The number of halogens is 1. The van der Waals surface area contributed by atoms with Crippen molar-refractivity contribution in [3.63, 3.8) is 0 Å². The van der Waals surface area contributed by atoms with Crippen molar-refractivity contribution in [1.29, 1.82) is 5.26 Å². The quantitative estimate of drug-likeness (QED) is 0.560. The molecule has 0 aliphatic rings. The summed E-state index contributed by atoms with van der Waals surface area (Å²) in [5, 5.41) is 10.2. The molecule has 2 rings (SSSR count). The molecule has 2 aromatic rings. The second kappa shape index (κ2) is 7.33. The lowest BCUT2D eigenvalue weighted by Crippen LogP contribution is -1.92. The van der Waals surface area contributed by atoms with E-state index in [4.69, 9.17) is 0 Å². The number of hydrogen-bond donors (Lipinski definition) is 0. The Morgan fingerprint density at radius 2 is 1.65 bits per heavy atom. The summed E-state index contributed by atoms with van der Waals surface area (Å²) in [6.07, 6.45) is 1.94. The Balaban J connectivity index is 2.58. The molecule has 0 spiro atoms. The van der Waals surface area contributed by atoms with Gasteiger partial charge in [-0.15, -0.1) is 11.8 Å². The lowest BCUT2D eigenvalue weighted by atomic mass is 9.97. The van der Waals surface area contributed by atoms with E-state index in [9.17, 15) is 5.26 Å². The maximum Gasteiger partial charge on any atom is 0.107 e. The largest absolute Gasteiger partial charge is 0.192 e. The first-order valence-electron chi connectivity index (χ1n) is 6.19. The lowest BCUT2D eigenvalue weighted by molar-refractivity contribution is 1.41. The van der Waals surface area contributed by atoms with Gasteiger partial charge < -0.3 is 0 Å². The van der Waals surface area contributed by atoms with E-state index in [-0.39, 0.29) is 0 Å². The zero-order chi connectivity index (χ0) is 14.4. The third-order valence-corrected chi connectivity index (χ3v) is 4.34. The molecule has 0 aliphatic carbocycles. The van der Waals surface area contributed by atoms with E-state index in [0.717, 1.165) is 26.9 Å². The van der Waals surface area contributed by atoms with Gasteiger partial charge in [-0.2, -0.15) is 5.26 Å². The topological polar surface area (TPSA) is 23.8 Å². The van der Waals surface area contributed by atoms with Crippen LogP contribution < -0.4 is 0 Å². The highest BCUT2D eigenvalue weighted by atomic mass is 79.9. The Bertz CT molecular complexity index is 639. The van der Waals surface area contributed by atoms with E-state index >= 15 is 0 Å². The van der Waals surface area contributed by atoms with Crippen LogP contribution in [-0.2, 0) is 5.33 Å². The molecule has 0 fully saturated rings. The predicted octanol–water partition coefficient (Wildman–Crippen LogP) is 5.23. The number of alkyl halides is 1. The maximum absolute atomic E-state index is 9.38. The molecule has 1 nitrogen and oxygen atoms in total. The molecule has 0 aliphatic heterocycles. The molecule has 0 heterocycles. The molecule has 0 amide bonds. The maximum atomic E-state index is 9.38. The van der Waals surface area contributed by atoms with Gasteiger partial charge in [0.1, 0.15) is 6.07 Å². The van der Waals surface area contributed by atoms with Gasteiger partial charge in [-0.3, -0.25) is 0 Å². The zero-order valence-electron chi connectivity index (χ0n) is 11.1. The summed E-state index contributed by atoms with van der Waals surface area (Å²) in [5.74, 6) is 0. The third-order valence-electron chi connectivity index (χ3n) is 2.99. The van der Waals surface area contributed by atoms with Gasteiger partial charge in [-0.1, -0.05) is 70.5 Å². The fraction of sp³-hybridized carbons (Fsp3) is 0.118. The molecule has 100 valence electrons. The van der Waals surface area contributed by atoms with Crippen molar-refractivity contribution in [1.82, 2.24) is 0 Å². The molecule has 0 saturated carbocycles. The number of hydrogen-bond acceptors (Lipinski definition) is 2. The molecule has 2 aromatic carbocycles. The van der Waals surface area contributed by atoms with E-state index < -0.39 is 0 Å². The van der Waals surface area contributed by atoms with Crippen molar-refractivity contribution in [3.8, 4) is 6.07 Å². The number of rotatable bonds is 4. The Hall–Kier alpha value is -1.50. The predicted molar refractivity (Wildman–Crippen MR) is 90.7 cm³/mol. The SMILES string of the molecule is CS/C(C#N)=C(/c1ccccc1)c1ccc(CBr)cc1. The molecular formula is C17H14BrNS. The summed E-state index contributed by atoms with van der Waals surface area (Å²) in [5.41, 5.74) is 4.38. The van der Waals surface area contributed by atoms with Crippen LogP contribution in [0, 0.1) is 11.3 Å². The van der Waals surface area contributed by atoms with Crippen molar-refractivity contribution < 1.29 is 0 Å². The summed E-state index contributed by atoms with van der Waals surface area (Å²) < 4.78 is 0. The summed E-state index contributed by atoms with van der Waals surface area (Å²) in [6.45, 7) is 0. The van der Waals surface area contributed by atoms with Crippen molar-refractivity contribution in [2.75, 3.05) is 6.26 Å². The molecule has 0 atom stereocenters. The second-order valence-corrected chi connectivity index (χ2v) is 5.59. The Kier molecular flexibility index (Phi) is 5.46. The molecule has 0 unspecified atom stereocenters.